The molecule has 4 rings (SSSR count). The van der Waals surface area contributed by atoms with Crippen LogP contribution in [0.1, 0.15) is 30.0 Å². The van der Waals surface area contributed by atoms with Gasteiger partial charge in [-0.1, -0.05) is 35.9 Å². The van der Waals surface area contributed by atoms with E-state index in [2.05, 4.69) is 10.2 Å². The third kappa shape index (κ3) is 3.60. The highest BCUT2D eigenvalue weighted by Gasteiger charge is 2.23. The van der Waals surface area contributed by atoms with Gasteiger partial charge < -0.3 is 13.9 Å². The Hall–Kier alpha value is -3.41. The van der Waals surface area contributed by atoms with Crippen LogP contribution in [-0.2, 0) is 9.53 Å². The van der Waals surface area contributed by atoms with Crippen molar-refractivity contribution in [2.45, 2.75) is 20.0 Å². The molecule has 6 nitrogen and oxygen atoms in total. The summed E-state index contributed by atoms with van der Waals surface area (Å²) in [7, 11) is 0. The molecular weight excluding hydrogens is 344 g/mol. The van der Waals surface area contributed by atoms with Crippen LogP contribution in [0.2, 0.25) is 0 Å². The van der Waals surface area contributed by atoms with Crippen molar-refractivity contribution < 1.29 is 18.7 Å². The predicted octanol–water partition coefficient (Wildman–Crippen LogP) is 4.13. The fourth-order valence-electron chi connectivity index (χ4n) is 2.81. The topological polar surface area (TPSA) is 74.5 Å². The van der Waals surface area contributed by atoms with E-state index in [1.54, 1.807) is 13.0 Å². The predicted molar refractivity (Wildman–Crippen MR) is 98.9 cm³/mol. The summed E-state index contributed by atoms with van der Waals surface area (Å²) in [5.74, 6) is 0.928. The SMILES string of the molecule is Cc1cccc(-c2nnc(C(C)OC(=O)C3=Cc4ccccc4OC3)o2)c1. The minimum atomic E-state index is -0.665. The third-order valence-electron chi connectivity index (χ3n) is 4.23. The van der Waals surface area contributed by atoms with Crippen LogP contribution in [0.3, 0.4) is 0 Å². The normalized spacial score (nSPS) is 13.9. The number of esters is 1. The summed E-state index contributed by atoms with van der Waals surface area (Å²) in [5, 5.41) is 8.06. The summed E-state index contributed by atoms with van der Waals surface area (Å²) in [6.45, 7) is 3.86. The molecular formula is C21H18N2O4. The van der Waals surface area contributed by atoms with Gasteiger partial charge >= 0.3 is 5.97 Å². The van der Waals surface area contributed by atoms with Crippen molar-refractivity contribution in [2.24, 2.45) is 0 Å². The third-order valence-corrected chi connectivity index (χ3v) is 4.23. The Morgan fingerprint density at radius 2 is 2.00 bits per heavy atom. The molecule has 2 aromatic carbocycles. The molecule has 6 heteroatoms. The molecule has 0 saturated heterocycles. The van der Waals surface area contributed by atoms with Gasteiger partial charge in [-0.25, -0.2) is 4.79 Å². The molecule has 0 radical (unpaired) electrons. The number of nitrogens with zero attached hydrogens (tertiary/aromatic N) is 2. The van der Waals surface area contributed by atoms with Gasteiger partial charge in [-0.05, 0) is 38.1 Å². The van der Waals surface area contributed by atoms with E-state index < -0.39 is 12.1 Å². The smallest absolute Gasteiger partial charge is 0.338 e. The van der Waals surface area contributed by atoms with Gasteiger partial charge in [0, 0.05) is 11.1 Å². The van der Waals surface area contributed by atoms with Crippen molar-refractivity contribution in [1.82, 2.24) is 10.2 Å². The summed E-state index contributed by atoms with van der Waals surface area (Å²) in [6.07, 6.45) is 1.11. The Morgan fingerprint density at radius 1 is 1.15 bits per heavy atom. The van der Waals surface area contributed by atoms with Crippen LogP contribution in [0.5, 0.6) is 5.75 Å². The maximum absolute atomic E-state index is 12.5. The molecule has 136 valence electrons. The van der Waals surface area contributed by atoms with E-state index in [1.165, 1.54) is 0 Å². The molecule has 1 aromatic heterocycles. The fraction of sp³-hybridized carbons (Fsp3) is 0.190. The Kier molecular flexibility index (Phi) is 4.46. The molecule has 2 heterocycles. The average Bonchev–Trinajstić information content (AvgIpc) is 3.18. The van der Waals surface area contributed by atoms with E-state index >= 15 is 0 Å². The van der Waals surface area contributed by atoms with E-state index in [0.717, 1.165) is 22.4 Å². The number of para-hydroxylation sites is 1. The number of hydrogen-bond acceptors (Lipinski definition) is 6. The number of ether oxygens (including phenoxy) is 2. The minimum Gasteiger partial charge on any atom is -0.488 e. The van der Waals surface area contributed by atoms with Crippen molar-refractivity contribution >= 4 is 12.0 Å². The number of rotatable bonds is 4. The molecule has 27 heavy (non-hydrogen) atoms. The molecule has 1 unspecified atom stereocenters. The summed E-state index contributed by atoms with van der Waals surface area (Å²) in [6, 6.07) is 15.3. The number of carbonyl (C=O) groups is 1. The summed E-state index contributed by atoms with van der Waals surface area (Å²) >= 11 is 0. The molecule has 1 atom stereocenters. The Labute approximate surface area is 156 Å². The second-order valence-corrected chi connectivity index (χ2v) is 6.36. The van der Waals surface area contributed by atoms with Gasteiger partial charge in [0.1, 0.15) is 12.4 Å². The highest BCUT2D eigenvalue weighted by molar-refractivity contribution is 5.95. The van der Waals surface area contributed by atoms with Gasteiger partial charge in [-0.3, -0.25) is 0 Å². The zero-order valence-electron chi connectivity index (χ0n) is 15.0. The monoisotopic (exact) mass is 362 g/mol. The minimum absolute atomic E-state index is 0.168. The fourth-order valence-corrected chi connectivity index (χ4v) is 2.81. The molecule has 3 aromatic rings. The zero-order valence-corrected chi connectivity index (χ0v) is 15.0. The largest absolute Gasteiger partial charge is 0.488 e. The lowest BCUT2D eigenvalue weighted by molar-refractivity contribution is -0.145. The summed E-state index contributed by atoms with van der Waals surface area (Å²) in [5.41, 5.74) is 3.21. The Morgan fingerprint density at radius 3 is 2.85 bits per heavy atom. The van der Waals surface area contributed by atoms with Crippen LogP contribution in [-0.4, -0.2) is 22.8 Å². The first-order chi connectivity index (χ1) is 13.1. The molecule has 0 fully saturated rings. The van der Waals surface area contributed by atoms with Gasteiger partial charge in [0.15, 0.2) is 6.10 Å². The number of carbonyl (C=O) groups excluding carboxylic acids is 1. The average molecular weight is 362 g/mol. The lowest BCUT2D eigenvalue weighted by atomic mass is 10.1. The second kappa shape index (κ2) is 7.07. The number of fused-ring (bicyclic) bond motifs is 1. The molecule has 1 aliphatic rings. The van der Waals surface area contributed by atoms with E-state index in [0.29, 0.717) is 11.5 Å². The van der Waals surface area contributed by atoms with Crippen LogP contribution < -0.4 is 4.74 Å². The lowest BCUT2D eigenvalue weighted by Gasteiger charge is -2.18. The molecule has 0 spiro atoms. The van der Waals surface area contributed by atoms with E-state index in [-0.39, 0.29) is 12.5 Å². The van der Waals surface area contributed by atoms with Gasteiger partial charge in [-0.15, -0.1) is 10.2 Å². The van der Waals surface area contributed by atoms with Gasteiger partial charge in [0.25, 0.3) is 5.89 Å². The first-order valence-electron chi connectivity index (χ1n) is 8.64. The van der Waals surface area contributed by atoms with Crippen LogP contribution in [0.15, 0.2) is 58.5 Å². The van der Waals surface area contributed by atoms with E-state index in [9.17, 15) is 4.79 Å². The maximum atomic E-state index is 12.5. The molecule has 0 N–H and O–H groups in total. The molecule has 0 bridgehead atoms. The van der Waals surface area contributed by atoms with Crippen molar-refractivity contribution in [3.63, 3.8) is 0 Å². The van der Waals surface area contributed by atoms with E-state index in [1.807, 2.05) is 55.5 Å². The molecule has 0 aliphatic carbocycles. The first-order valence-corrected chi connectivity index (χ1v) is 8.64. The van der Waals surface area contributed by atoms with Gasteiger partial charge in [0.2, 0.25) is 5.89 Å². The standard InChI is InChI=1S/C21H18N2O4/c1-13-6-5-8-16(10-13)20-23-22-19(27-20)14(2)26-21(24)17-11-15-7-3-4-9-18(15)25-12-17/h3-11,14H,12H2,1-2H3. The summed E-state index contributed by atoms with van der Waals surface area (Å²) < 4.78 is 16.8. The second-order valence-electron chi connectivity index (χ2n) is 6.36. The quantitative estimate of drug-likeness (QED) is 0.650. The van der Waals surface area contributed by atoms with Gasteiger partial charge in [0.05, 0.1) is 5.57 Å². The maximum Gasteiger partial charge on any atom is 0.338 e. The van der Waals surface area contributed by atoms with Crippen LogP contribution in [0, 0.1) is 6.92 Å². The highest BCUT2D eigenvalue weighted by Crippen LogP contribution is 2.28. The lowest BCUT2D eigenvalue weighted by Crippen LogP contribution is -2.18. The molecule has 1 aliphatic heterocycles. The first kappa shape index (κ1) is 17.0. The zero-order chi connectivity index (χ0) is 18.8. The molecule has 0 saturated carbocycles. The summed E-state index contributed by atoms with van der Waals surface area (Å²) in [4.78, 5) is 12.5. The van der Waals surface area contributed by atoms with Crippen LogP contribution in [0.4, 0.5) is 0 Å². The number of benzene rings is 2. The van der Waals surface area contributed by atoms with Gasteiger partial charge in [-0.2, -0.15) is 0 Å². The van der Waals surface area contributed by atoms with E-state index in [4.69, 9.17) is 13.9 Å². The van der Waals surface area contributed by atoms with Crippen molar-refractivity contribution in [1.29, 1.82) is 0 Å². The van der Waals surface area contributed by atoms with Crippen molar-refractivity contribution in [2.75, 3.05) is 6.61 Å². The number of hydrogen-bond donors (Lipinski definition) is 0. The number of aromatic nitrogens is 2. The van der Waals surface area contributed by atoms with Crippen molar-refractivity contribution in [3.8, 4) is 17.2 Å². The Balaban J connectivity index is 1.47. The Bertz CT molecular complexity index is 1020. The van der Waals surface area contributed by atoms with Crippen LogP contribution >= 0.6 is 0 Å². The van der Waals surface area contributed by atoms with Crippen molar-refractivity contribution in [3.05, 3.63) is 71.1 Å². The number of aryl methyl sites for hydroxylation is 1. The van der Waals surface area contributed by atoms with Crippen LogP contribution in [0.25, 0.3) is 17.5 Å². The molecule has 0 amide bonds. The highest BCUT2D eigenvalue weighted by atomic mass is 16.6.